The van der Waals surface area contributed by atoms with E-state index in [9.17, 15) is 9.59 Å². The van der Waals surface area contributed by atoms with Crippen LogP contribution in [0.1, 0.15) is 29.7 Å². The molecule has 2 heterocycles. The van der Waals surface area contributed by atoms with E-state index in [1.54, 1.807) is 11.6 Å². The molecule has 1 aliphatic rings. The normalized spacial score (nSPS) is 15.7. The zero-order valence-electron chi connectivity index (χ0n) is 19.2. The number of hydrogen-bond acceptors (Lipinski definition) is 4. The SMILES string of the molecule is Cc1c(N2CCN(Cc3ccccc3)CC2)c(=O)n(C[C@H](C)c2ccccc2)c(=O)n1C. The average Bonchev–Trinajstić information content (AvgIpc) is 2.83. The predicted octanol–water partition coefficient (Wildman–Crippen LogP) is 2.98. The lowest BCUT2D eigenvalue weighted by Crippen LogP contribution is -2.51. The Morgan fingerprint density at radius 1 is 0.875 bits per heavy atom. The minimum Gasteiger partial charge on any atom is -0.363 e. The van der Waals surface area contributed by atoms with E-state index in [0.717, 1.165) is 44.0 Å². The van der Waals surface area contributed by atoms with Crippen LogP contribution < -0.4 is 16.1 Å². The molecule has 0 unspecified atom stereocenters. The summed E-state index contributed by atoms with van der Waals surface area (Å²) in [7, 11) is 1.76. The van der Waals surface area contributed by atoms with Crippen LogP contribution in [-0.2, 0) is 20.1 Å². The molecule has 6 nitrogen and oxygen atoms in total. The third-order valence-corrected chi connectivity index (χ3v) is 6.57. The lowest BCUT2D eigenvalue weighted by molar-refractivity contribution is 0.249. The lowest BCUT2D eigenvalue weighted by Gasteiger charge is -2.36. The molecule has 1 aliphatic heterocycles. The minimum absolute atomic E-state index is 0.0693. The molecule has 32 heavy (non-hydrogen) atoms. The highest BCUT2D eigenvalue weighted by atomic mass is 16.2. The van der Waals surface area contributed by atoms with E-state index in [0.29, 0.717) is 12.2 Å². The van der Waals surface area contributed by atoms with E-state index in [2.05, 4.69) is 41.0 Å². The number of nitrogens with zero attached hydrogens (tertiary/aromatic N) is 4. The van der Waals surface area contributed by atoms with Crippen molar-refractivity contribution in [2.75, 3.05) is 31.1 Å². The van der Waals surface area contributed by atoms with Gasteiger partial charge in [-0.1, -0.05) is 67.6 Å². The molecule has 0 aliphatic carbocycles. The first-order valence-corrected chi connectivity index (χ1v) is 11.3. The monoisotopic (exact) mass is 432 g/mol. The van der Waals surface area contributed by atoms with Crippen LogP contribution in [0.25, 0.3) is 0 Å². The summed E-state index contributed by atoms with van der Waals surface area (Å²) < 4.78 is 3.03. The summed E-state index contributed by atoms with van der Waals surface area (Å²) in [5, 5.41) is 0. The predicted molar refractivity (Wildman–Crippen MR) is 129 cm³/mol. The fraction of sp³-hybridized carbons (Fsp3) is 0.385. The van der Waals surface area contributed by atoms with Crippen LogP contribution in [0.3, 0.4) is 0 Å². The van der Waals surface area contributed by atoms with E-state index in [4.69, 9.17) is 0 Å². The highest BCUT2D eigenvalue weighted by Gasteiger charge is 2.24. The average molecular weight is 433 g/mol. The van der Waals surface area contributed by atoms with Crippen molar-refractivity contribution in [1.29, 1.82) is 0 Å². The molecule has 1 fully saturated rings. The van der Waals surface area contributed by atoms with Gasteiger partial charge in [-0.05, 0) is 24.0 Å². The molecule has 1 aromatic heterocycles. The number of aromatic nitrogens is 2. The van der Waals surface area contributed by atoms with Gasteiger partial charge >= 0.3 is 5.69 Å². The molecular weight excluding hydrogens is 400 g/mol. The van der Waals surface area contributed by atoms with Gasteiger partial charge < -0.3 is 4.90 Å². The molecular formula is C26H32N4O2. The Morgan fingerprint density at radius 2 is 1.47 bits per heavy atom. The van der Waals surface area contributed by atoms with E-state index < -0.39 is 0 Å². The van der Waals surface area contributed by atoms with E-state index >= 15 is 0 Å². The van der Waals surface area contributed by atoms with Crippen LogP contribution in [0.2, 0.25) is 0 Å². The Labute approximate surface area is 189 Å². The number of piperazine rings is 1. The summed E-state index contributed by atoms with van der Waals surface area (Å²) in [6.07, 6.45) is 0. The molecule has 0 saturated carbocycles. The van der Waals surface area contributed by atoms with Gasteiger partial charge in [0.2, 0.25) is 0 Å². The molecule has 4 rings (SSSR count). The van der Waals surface area contributed by atoms with E-state index in [1.165, 1.54) is 10.1 Å². The number of rotatable bonds is 6. The molecule has 0 spiro atoms. The first-order valence-electron chi connectivity index (χ1n) is 11.3. The summed E-state index contributed by atoms with van der Waals surface area (Å²) in [6, 6.07) is 20.5. The van der Waals surface area contributed by atoms with Crippen LogP contribution in [0.5, 0.6) is 0 Å². The second-order valence-electron chi connectivity index (χ2n) is 8.75. The number of hydrogen-bond donors (Lipinski definition) is 0. The highest BCUT2D eigenvalue weighted by Crippen LogP contribution is 2.19. The van der Waals surface area contributed by atoms with Gasteiger partial charge in [0.05, 0.1) is 0 Å². The molecule has 1 atom stereocenters. The van der Waals surface area contributed by atoms with Crippen molar-refractivity contribution in [1.82, 2.24) is 14.0 Å². The Bertz CT molecular complexity index is 1160. The molecule has 2 aromatic carbocycles. The van der Waals surface area contributed by atoms with Gasteiger partial charge in [-0.25, -0.2) is 4.79 Å². The first-order chi connectivity index (χ1) is 15.5. The molecule has 0 N–H and O–H groups in total. The van der Waals surface area contributed by atoms with E-state index in [1.807, 2.05) is 43.3 Å². The maximum Gasteiger partial charge on any atom is 0.331 e. The fourth-order valence-electron chi connectivity index (χ4n) is 4.51. The van der Waals surface area contributed by atoms with Crippen molar-refractivity contribution in [2.45, 2.75) is 32.9 Å². The number of anilines is 1. The van der Waals surface area contributed by atoms with Gasteiger partial charge in [-0.3, -0.25) is 18.8 Å². The van der Waals surface area contributed by atoms with Crippen molar-refractivity contribution in [2.24, 2.45) is 7.05 Å². The number of benzene rings is 2. The van der Waals surface area contributed by atoms with Gasteiger partial charge in [0.15, 0.2) is 0 Å². The van der Waals surface area contributed by atoms with Crippen LogP contribution in [0.4, 0.5) is 5.69 Å². The van der Waals surface area contributed by atoms with Gasteiger partial charge in [0, 0.05) is 52.0 Å². The summed E-state index contributed by atoms with van der Waals surface area (Å²) in [5.74, 6) is 0.0693. The zero-order chi connectivity index (χ0) is 22.7. The largest absolute Gasteiger partial charge is 0.363 e. The molecule has 1 saturated heterocycles. The van der Waals surface area contributed by atoms with Crippen LogP contribution in [-0.4, -0.2) is 40.2 Å². The van der Waals surface area contributed by atoms with Crippen molar-refractivity contribution >= 4 is 5.69 Å². The van der Waals surface area contributed by atoms with Crippen molar-refractivity contribution in [3.63, 3.8) is 0 Å². The smallest absolute Gasteiger partial charge is 0.331 e. The molecule has 168 valence electrons. The van der Waals surface area contributed by atoms with Crippen LogP contribution >= 0.6 is 0 Å². The molecule has 3 aromatic rings. The maximum atomic E-state index is 13.5. The van der Waals surface area contributed by atoms with E-state index in [-0.39, 0.29) is 17.2 Å². The van der Waals surface area contributed by atoms with Crippen molar-refractivity contribution in [3.05, 3.63) is 98.3 Å². The van der Waals surface area contributed by atoms with Crippen LogP contribution in [0.15, 0.2) is 70.3 Å². The maximum absolute atomic E-state index is 13.5. The standard InChI is InChI=1S/C26H32N4O2/c1-20(23-12-8-5-9-13-23)18-30-25(31)24(21(2)27(3)26(30)32)29-16-14-28(15-17-29)19-22-10-6-4-7-11-22/h4-13,20H,14-19H2,1-3H3/t20-/m0/s1. The summed E-state index contributed by atoms with van der Waals surface area (Å²) in [5.41, 5.74) is 3.40. The Kier molecular flexibility index (Phi) is 6.61. The summed E-state index contributed by atoms with van der Waals surface area (Å²) >= 11 is 0. The summed E-state index contributed by atoms with van der Waals surface area (Å²) in [4.78, 5) is 31.0. The van der Waals surface area contributed by atoms with Crippen molar-refractivity contribution < 1.29 is 0 Å². The van der Waals surface area contributed by atoms with Gasteiger partial charge in [0.1, 0.15) is 5.69 Å². The Hall–Kier alpha value is -3.12. The molecule has 6 heteroatoms. The fourth-order valence-corrected chi connectivity index (χ4v) is 4.51. The minimum atomic E-state index is -0.248. The summed E-state index contributed by atoms with van der Waals surface area (Å²) in [6.45, 7) is 8.54. The Morgan fingerprint density at radius 3 is 2.09 bits per heavy atom. The highest BCUT2D eigenvalue weighted by molar-refractivity contribution is 5.49. The van der Waals surface area contributed by atoms with Crippen LogP contribution in [0, 0.1) is 6.92 Å². The second-order valence-corrected chi connectivity index (χ2v) is 8.75. The first kappa shape index (κ1) is 22.1. The van der Waals surface area contributed by atoms with Gasteiger partial charge in [-0.2, -0.15) is 0 Å². The van der Waals surface area contributed by atoms with Gasteiger partial charge in [0.25, 0.3) is 5.56 Å². The zero-order valence-corrected chi connectivity index (χ0v) is 19.2. The topological polar surface area (TPSA) is 50.5 Å². The lowest BCUT2D eigenvalue weighted by atomic mass is 10.0. The second kappa shape index (κ2) is 9.57. The molecule has 0 amide bonds. The molecule has 0 bridgehead atoms. The molecule has 0 radical (unpaired) electrons. The third-order valence-electron chi connectivity index (χ3n) is 6.57. The van der Waals surface area contributed by atoms with Crippen molar-refractivity contribution in [3.8, 4) is 0 Å². The third kappa shape index (κ3) is 4.55. The quantitative estimate of drug-likeness (QED) is 0.601. The van der Waals surface area contributed by atoms with Gasteiger partial charge in [-0.15, -0.1) is 0 Å². The Balaban J connectivity index is 1.55.